The first-order chi connectivity index (χ1) is 6.79. The molecule has 0 unspecified atom stereocenters. The van der Waals surface area contributed by atoms with Gasteiger partial charge in [-0.2, -0.15) is 0 Å². The molecule has 1 saturated heterocycles. The third kappa shape index (κ3) is 5.49. The van der Waals surface area contributed by atoms with Gasteiger partial charge in [0.1, 0.15) is 0 Å². The van der Waals surface area contributed by atoms with Crippen molar-refractivity contribution in [3.8, 4) is 0 Å². The summed E-state index contributed by atoms with van der Waals surface area (Å²) in [6.07, 6.45) is 1.67. The number of sulfone groups is 1. The van der Waals surface area contributed by atoms with Gasteiger partial charge < -0.3 is 10.6 Å². The molecule has 0 aromatic heterocycles. The average Bonchev–Trinajstić information content (AvgIpc) is 2.22. The van der Waals surface area contributed by atoms with Gasteiger partial charge in [-0.25, -0.2) is 8.42 Å². The maximum Gasteiger partial charge on any atom is 0.151 e. The van der Waals surface area contributed by atoms with E-state index >= 15 is 0 Å². The molecular weight excluding hydrogens is 212 g/mol. The first-order valence-corrected chi connectivity index (χ1v) is 7.32. The van der Waals surface area contributed by atoms with Crippen LogP contribution in [-0.2, 0) is 9.84 Å². The van der Waals surface area contributed by atoms with Crippen molar-refractivity contribution >= 4 is 9.84 Å². The van der Waals surface area contributed by atoms with Crippen molar-refractivity contribution in [2.75, 3.05) is 31.1 Å². The van der Waals surface area contributed by atoms with E-state index in [2.05, 4.69) is 4.90 Å². The summed E-state index contributed by atoms with van der Waals surface area (Å²) >= 11 is 0. The Balaban J connectivity index is 2.39. The van der Waals surface area contributed by atoms with E-state index < -0.39 is 9.84 Å². The van der Waals surface area contributed by atoms with E-state index in [0.717, 1.165) is 25.9 Å². The van der Waals surface area contributed by atoms with Crippen LogP contribution in [0.15, 0.2) is 0 Å². The second kappa shape index (κ2) is 4.80. The zero-order valence-electron chi connectivity index (χ0n) is 9.70. The Hall–Kier alpha value is -0.130. The van der Waals surface area contributed by atoms with Gasteiger partial charge in [0.05, 0.1) is 11.5 Å². The fraction of sp³-hybridized carbons (Fsp3) is 1.00. The summed E-state index contributed by atoms with van der Waals surface area (Å²) in [4.78, 5) is 2.21. The maximum atomic E-state index is 11.4. The second-order valence-electron chi connectivity index (χ2n) is 5.09. The van der Waals surface area contributed by atoms with Crippen LogP contribution >= 0.6 is 0 Å². The molecule has 0 aromatic rings. The Morgan fingerprint density at radius 2 is 1.93 bits per heavy atom. The van der Waals surface area contributed by atoms with E-state index in [9.17, 15) is 8.42 Å². The van der Waals surface area contributed by atoms with Gasteiger partial charge in [-0.3, -0.25) is 0 Å². The smallest absolute Gasteiger partial charge is 0.151 e. The van der Waals surface area contributed by atoms with Gasteiger partial charge in [0, 0.05) is 12.1 Å². The highest BCUT2D eigenvalue weighted by Crippen LogP contribution is 2.09. The van der Waals surface area contributed by atoms with Crippen molar-refractivity contribution in [1.29, 1.82) is 0 Å². The summed E-state index contributed by atoms with van der Waals surface area (Å²) in [5, 5.41) is 0. The van der Waals surface area contributed by atoms with Crippen molar-refractivity contribution in [2.45, 2.75) is 32.2 Å². The second-order valence-corrected chi connectivity index (χ2v) is 7.39. The zero-order valence-corrected chi connectivity index (χ0v) is 10.5. The summed E-state index contributed by atoms with van der Waals surface area (Å²) < 4.78 is 22.7. The van der Waals surface area contributed by atoms with Crippen molar-refractivity contribution in [2.24, 2.45) is 5.73 Å². The molecule has 2 N–H and O–H groups in total. The van der Waals surface area contributed by atoms with Crippen LogP contribution in [0.25, 0.3) is 0 Å². The Bertz CT molecular complexity index is 293. The monoisotopic (exact) mass is 234 g/mol. The van der Waals surface area contributed by atoms with E-state index in [-0.39, 0.29) is 5.54 Å². The van der Waals surface area contributed by atoms with Crippen LogP contribution in [0.1, 0.15) is 26.7 Å². The molecule has 15 heavy (non-hydrogen) atoms. The first kappa shape index (κ1) is 12.9. The summed E-state index contributed by atoms with van der Waals surface area (Å²) in [5.74, 6) is 0.646. The molecule has 1 rings (SSSR count). The molecule has 0 amide bonds. The van der Waals surface area contributed by atoms with E-state index in [1.165, 1.54) is 0 Å². The molecule has 0 aromatic carbocycles. The van der Waals surface area contributed by atoms with Gasteiger partial charge in [0.2, 0.25) is 0 Å². The molecule has 0 aliphatic carbocycles. The van der Waals surface area contributed by atoms with Crippen LogP contribution in [0, 0.1) is 0 Å². The van der Waals surface area contributed by atoms with Crippen molar-refractivity contribution in [1.82, 2.24) is 4.90 Å². The fourth-order valence-electron chi connectivity index (χ4n) is 1.66. The highest BCUT2D eigenvalue weighted by molar-refractivity contribution is 7.91. The predicted octanol–water partition coefficient (Wildman–Crippen LogP) is 0.234. The SMILES string of the molecule is CC(C)(N)CCN1CCCS(=O)(=O)CC1. The minimum absolute atomic E-state index is 0.162. The van der Waals surface area contributed by atoms with Gasteiger partial charge in [-0.15, -0.1) is 0 Å². The summed E-state index contributed by atoms with van der Waals surface area (Å²) in [7, 11) is -2.78. The minimum atomic E-state index is -2.78. The van der Waals surface area contributed by atoms with Crippen LogP contribution in [0.4, 0.5) is 0 Å². The molecule has 90 valence electrons. The number of nitrogens with zero attached hydrogens (tertiary/aromatic N) is 1. The number of hydrogen-bond donors (Lipinski definition) is 1. The molecule has 0 radical (unpaired) electrons. The molecule has 0 bridgehead atoms. The molecule has 0 saturated carbocycles. The van der Waals surface area contributed by atoms with E-state index in [0.29, 0.717) is 18.1 Å². The third-order valence-electron chi connectivity index (χ3n) is 2.72. The average molecular weight is 234 g/mol. The van der Waals surface area contributed by atoms with E-state index in [1.54, 1.807) is 0 Å². The number of rotatable bonds is 3. The number of hydrogen-bond acceptors (Lipinski definition) is 4. The lowest BCUT2D eigenvalue weighted by atomic mass is 10.0. The third-order valence-corrected chi connectivity index (χ3v) is 4.44. The van der Waals surface area contributed by atoms with Crippen LogP contribution in [0.3, 0.4) is 0 Å². The van der Waals surface area contributed by atoms with Crippen molar-refractivity contribution in [3.63, 3.8) is 0 Å². The molecule has 4 nitrogen and oxygen atoms in total. The van der Waals surface area contributed by atoms with Gasteiger partial charge in [-0.1, -0.05) is 0 Å². The standard InChI is InChI=1S/C10H22N2O2S/c1-10(2,11)4-6-12-5-3-8-15(13,14)9-7-12/h3-9,11H2,1-2H3. The lowest BCUT2D eigenvalue weighted by Gasteiger charge is -2.25. The van der Waals surface area contributed by atoms with Gasteiger partial charge >= 0.3 is 0 Å². The van der Waals surface area contributed by atoms with Crippen LogP contribution in [0.5, 0.6) is 0 Å². The summed E-state index contributed by atoms with van der Waals surface area (Å²) in [6.45, 7) is 6.45. The Kier molecular flexibility index (Phi) is 4.14. The Morgan fingerprint density at radius 3 is 2.53 bits per heavy atom. The van der Waals surface area contributed by atoms with Crippen LogP contribution in [-0.4, -0.2) is 50.0 Å². The lowest BCUT2D eigenvalue weighted by molar-refractivity contribution is 0.265. The molecule has 1 aliphatic heterocycles. The van der Waals surface area contributed by atoms with Crippen LogP contribution in [0.2, 0.25) is 0 Å². The molecule has 0 spiro atoms. The predicted molar refractivity (Wildman–Crippen MR) is 62.6 cm³/mol. The van der Waals surface area contributed by atoms with Crippen LogP contribution < -0.4 is 5.73 Å². The van der Waals surface area contributed by atoms with E-state index in [1.807, 2.05) is 13.8 Å². The molecule has 5 heteroatoms. The van der Waals surface area contributed by atoms with Gasteiger partial charge in [0.25, 0.3) is 0 Å². The molecule has 1 fully saturated rings. The highest BCUT2D eigenvalue weighted by Gasteiger charge is 2.20. The van der Waals surface area contributed by atoms with Gasteiger partial charge in [-0.05, 0) is 39.8 Å². The molecule has 1 aliphatic rings. The Labute approximate surface area is 92.7 Å². The molecule has 1 heterocycles. The lowest BCUT2D eigenvalue weighted by Crippen LogP contribution is -2.38. The summed E-state index contributed by atoms with van der Waals surface area (Å²) in [6, 6.07) is 0. The van der Waals surface area contributed by atoms with E-state index in [4.69, 9.17) is 5.73 Å². The normalized spacial score (nSPS) is 23.7. The summed E-state index contributed by atoms with van der Waals surface area (Å²) in [5.41, 5.74) is 5.74. The quantitative estimate of drug-likeness (QED) is 0.759. The highest BCUT2D eigenvalue weighted by atomic mass is 32.2. The molecular formula is C10H22N2O2S. The van der Waals surface area contributed by atoms with Crippen molar-refractivity contribution < 1.29 is 8.42 Å². The fourth-order valence-corrected chi connectivity index (χ4v) is 2.97. The van der Waals surface area contributed by atoms with Gasteiger partial charge in [0.15, 0.2) is 9.84 Å². The number of nitrogens with two attached hydrogens (primary N) is 1. The van der Waals surface area contributed by atoms with Crippen molar-refractivity contribution in [3.05, 3.63) is 0 Å². The minimum Gasteiger partial charge on any atom is -0.326 e. The zero-order chi connectivity index (χ0) is 11.5. The Morgan fingerprint density at radius 1 is 1.27 bits per heavy atom. The first-order valence-electron chi connectivity index (χ1n) is 5.50. The largest absolute Gasteiger partial charge is 0.326 e. The topological polar surface area (TPSA) is 63.4 Å². The molecule has 0 atom stereocenters. The maximum absolute atomic E-state index is 11.4.